The number of likely N-dealkylation sites (N-methyl/N-ethyl adjacent to an activating group) is 1. The van der Waals surface area contributed by atoms with Crippen LogP contribution >= 0.6 is 11.3 Å². The van der Waals surface area contributed by atoms with E-state index in [-0.39, 0.29) is 11.8 Å². The number of amides is 2. The fourth-order valence-corrected chi connectivity index (χ4v) is 3.66. The van der Waals surface area contributed by atoms with Crippen molar-refractivity contribution in [1.82, 2.24) is 15.2 Å². The number of benzene rings is 2. The zero-order valence-electron chi connectivity index (χ0n) is 18.4. The summed E-state index contributed by atoms with van der Waals surface area (Å²) >= 11 is 1.60. The number of ether oxygens (including phenoxy) is 1. The van der Waals surface area contributed by atoms with Crippen LogP contribution in [0.5, 0.6) is 5.75 Å². The second-order valence-electron chi connectivity index (χ2n) is 7.53. The number of nitrogens with zero attached hydrogens (tertiary/aromatic N) is 2. The van der Waals surface area contributed by atoms with Gasteiger partial charge in [0.15, 0.2) is 0 Å². The van der Waals surface area contributed by atoms with Crippen molar-refractivity contribution in [2.24, 2.45) is 0 Å². The summed E-state index contributed by atoms with van der Waals surface area (Å²) in [7, 11) is 3.36. The highest BCUT2D eigenvalue weighted by molar-refractivity contribution is 7.09. The summed E-state index contributed by atoms with van der Waals surface area (Å²) in [6.07, 6.45) is 3.58. The van der Waals surface area contributed by atoms with Crippen molar-refractivity contribution < 1.29 is 14.3 Å². The minimum atomic E-state index is -0.630. The van der Waals surface area contributed by atoms with Crippen molar-refractivity contribution >= 4 is 29.2 Å². The van der Waals surface area contributed by atoms with E-state index in [0.29, 0.717) is 13.0 Å². The molecule has 166 valence electrons. The molecule has 2 amide bonds. The molecule has 1 unspecified atom stereocenters. The number of aromatic nitrogens is 1. The van der Waals surface area contributed by atoms with Crippen LogP contribution < -0.4 is 10.1 Å². The topological polar surface area (TPSA) is 71.5 Å². The lowest BCUT2D eigenvalue weighted by Gasteiger charge is -2.21. The number of rotatable bonds is 9. The number of nitrogens with one attached hydrogen (secondary N) is 1. The summed E-state index contributed by atoms with van der Waals surface area (Å²) < 4.78 is 5.74. The largest absolute Gasteiger partial charge is 0.487 e. The van der Waals surface area contributed by atoms with E-state index in [1.54, 1.807) is 31.5 Å². The first-order chi connectivity index (χ1) is 15.4. The van der Waals surface area contributed by atoms with Gasteiger partial charge in [0.2, 0.25) is 11.8 Å². The van der Waals surface area contributed by atoms with E-state index in [9.17, 15) is 9.59 Å². The fraction of sp³-hybridized carbons (Fsp3) is 0.240. The molecule has 1 atom stereocenters. The molecule has 3 rings (SSSR count). The minimum Gasteiger partial charge on any atom is -0.487 e. The van der Waals surface area contributed by atoms with Crippen molar-refractivity contribution in [3.63, 3.8) is 0 Å². The van der Waals surface area contributed by atoms with Gasteiger partial charge in [-0.05, 0) is 36.3 Å². The van der Waals surface area contributed by atoms with Crippen molar-refractivity contribution in [1.29, 1.82) is 0 Å². The molecule has 0 aliphatic heterocycles. The smallest absolute Gasteiger partial charge is 0.244 e. The second-order valence-corrected chi connectivity index (χ2v) is 8.59. The third-order valence-corrected chi connectivity index (χ3v) is 5.52. The number of carbonyl (C=O) groups is 2. The molecular weight excluding hydrogens is 422 g/mol. The van der Waals surface area contributed by atoms with Crippen molar-refractivity contribution in [3.8, 4) is 5.75 Å². The Morgan fingerprint density at radius 2 is 1.84 bits per heavy atom. The fourth-order valence-electron chi connectivity index (χ4n) is 3.06. The SMILES string of the molecule is Cc1nc(COc2ccc(/C=C/C(=O)NC(Cc3ccccc3)C(=O)N(C)C)cc2)cs1. The average molecular weight is 450 g/mol. The first-order valence-electron chi connectivity index (χ1n) is 10.3. The molecule has 0 aliphatic rings. The first-order valence-corrected chi connectivity index (χ1v) is 11.2. The van der Waals surface area contributed by atoms with E-state index in [0.717, 1.165) is 27.6 Å². The van der Waals surface area contributed by atoms with Crippen molar-refractivity contribution in [3.05, 3.63) is 87.9 Å². The molecule has 0 fully saturated rings. The highest BCUT2D eigenvalue weighted by atomic mass is 32.1. The van der Waals surface area contributed by atoms with Gasteiger partial charge >= 0.3 is 0 Å². The Balaban J connectivity index is 1.56. The van der Waals surface area contributed by atoms with Crippen LogP contribution in [0.25, 0.3) is 6.08 Å². The van der Waals surface area contributed by atoms with Crippen LogP contribution in [0.1, 0.15) is 21.8 Å². The highest BCUT2D eigenvalue weighted by Gasteiger charge is 2.21. The average Bonchev–Trinajstić information content (AvgIpc) is 3.21. The standard InChI is InChI=1S/C25H27N3O3S/c1-18-26-21(17-32-18)16-31-22-12-9-19(10-13-22)11-14-24(29)27-23(25(30)28(2)3)15-20-7-5-4-6-8-20/h4-14,17,23H,15-16H2,1-3H3,(H,27,29)/b14-11+. The Kier molecular flexibility index (Phi) is 8.16. The Morgan fingerprint density at radius 3 is 2.47 bits per heavy atom. The predicted molar refractivity (Wildman–Crippen MR) is 127 cm³/mol. The summed E-state index contributed by atoms with van der Waals surface area (Å²) in [5, 5.41) is 5.82. The number of carbonyl (C=O) groups excluding carboxylic acids is 2. The Labute approximate surface area is 192 Å². The van der Waals surface area contributed by atoms with E-state index in [1.807, 2.05) is 66.9 Å². The molecule has 1 N–H and O–H groups in total. The normalized spacial score (nSPS) is 11.8. The molecule has 0 aliphatic carbocycles. The third-order valence-electron chi connectivity index (χ3n) is 4.70. The molecule has 0 bridgehead atoms. The molecule has 0 saturated heterocycles. The molecule has 7 heteroatoms. The molecule has 0 saturated carbocycles. The quantitative estimate of drug-likeness (QED) is 0.504. The lowest BCUT2D eigenvalue weighted by atomic mass is 10.0. The van der Waals surface area contributed by atoms with Crippen LogP contribution in [-0.4, -0.2) is 41.8 Å². The highest BCUT2D eigenvalue weighted by Crippen LogP contribution is 2.16. The van der Waals surface area contributed by atoms with Gasteiger partial charge in [-0.1, -0.05) is 42.5 Å². The Hall–Kier alpha value is -3.45. The van der Waals surface area contributed by atoms with Gasteiger partial charge in [-0.15, -0.1) is 11.3 Å². The Morgan fingerprint density at radius 1 is 1.12 bits per heavy atom. The van der Waals surface area contributed by atoms with Crippen molar-refractivity contribution in [2.75, 3.05) is 14.1 Å². The van der Waals surface area contributed by atoms with Crippen LogP contribution in [0.3, 0.4) is 0 Å². The number of hydrogen-bond acceptors (Lipinski definition) is 5. The predicted octanol–water partition coefficient (Wildman–Crippen LogP) is 3.86. The van der Waals surface area contributed by atoms with E-state index < -0.39 is 6.04 Å². The zero-order chi connectivity index (χ0) is 22.9. The molecule has 6 nitrogen and oxygen atoms in total. The van der Waals surface area contributed by atoms with Gasteiger partial charge in [0.1, 0.15) is 18.4 Å². The molecule has 3 aromatic rings. The maximum absolute atomic E-state index is 12.5. The molecule has 2 aromatic carbocycles. The molecular formula is C25H27N3O3S. The molecule has 0 spiro atoms. The van der Waals surface area contributed by atoms with E-state index in [4.69, 9.17) is 4.74 Å². The Bertz CT molecular complexity index is 1060. The van der Waals surface area contributed by atoms with E-state index in [2.05, 4.69) is 10.3 Å². The maximum atomic E-state index is 12.5. The summed E-state index contributed by atoms with van der Waals surface area (Å²) in [5.41, 5.74) is 2.75. The van der Waals surface area contributed by atoms with Crippen LogP contribution in [0.4, 0.5) is 0 Å². The van der Waals surface area contributed by atoms with Gasteiger partial charge in [-0.2, -0.15) is 0 Å². The summed E-state index contributed by atoms with van der Waals surface area (Å²) in [4.78, 5) is 30.9. The molecule has 0 radical (unpaired) electrons. The zero-order valence-corrected chi connectivity index (χ0v) is 19.3. The van der Waals surface area contributed by atoms with E-state index >= 15 is 0 Å². The van der Waals surface area contributed by atoms with Gasteiger partial charge in [0, 0.05) is 32.0 Å². The number of aryl methyl sites for hydroxylation is 1. The lowest BCUT2D eigenvalue weighted by Crippen LogP contribution is -2.47. The molecule has 1 heterocycles. The molecule has 32 heavy (non-hydrogen) atoms. The minimum absolute atomic E-state index is 0.146. The van der Waals surface area contributed by atoms with Crippen LogP contribution in [0.15, 0.2) is 66.1 Å². The maximum Gasteiger partial charge on any atom is 0.244 e. The van der Waals surface area contributed by atoms with Gasteiger partial charge in [0.05, 0.1) is 10.7 Å². The monoisotopic (exact) mass is 449 g/mol. The lowest BCUT2D eigenvalue weighted by molar-refractivity contribution is -0.133. The van der Waals surface area contributed by atoms with Crippen LogP contribution in [0.2, 0.25) is 0 Å². The molecule has 1 aromatic heterocycles. The van der Waals surface area contributed by atoms with Gasteiger partial charge in [-0.3, -0.25) is 9.59 Å². The van der Waals surface area contributed by atoms with Gasteiger partial charge in [-0.25, -0.2) is 4.98 Å². The second kappa shape index (κ2) is 11.2. The van der Waals surface area contributed by atoms with E-state index in [1.165, 1.54) is 11.0 Å². The van der Waals surface area contributed by atoms with Crippen molar-refractivity contribution in [2.45, 2.75) is 26.0 Å². The summed E-state index contributed by atoms with van der Waals surface area (Å²) in [6.45, 7) is 2.39. The summed E-state index contributed by atoms with van der Waals surface area (Å²) in [6, 6.07) is 16.5. The first kappa shape index (κ1) is 23.2. The van der Waals surface area contributed by atoms with Gasteiger partial charge in [0.25, 0.3) is 0 Å². The third kappa shape index (κ3) is 7.06. The number of thiazole rings is 1. The number of hydrogen-bond donors (Lipinski definition) is 1. The van der Waals surface area contributed by atoms with Gasteiger partial charge < -0.3 is 15.0 Å². The van der Waals surface area contributed by atoms with Crippen LogP contribution in [0, 0.1) is 6.92 Å². The summed E-state index contributed by atoms with van der Waals surface area (Å²) in [5.74, 6) is 0.268. The van der Waals surface area contributed by atoms with Crippen LogP contribution in [-0.2, 0) is 22.6 Å².